The van der Waals surface area contributed by atoms with E-state index in [1.807, 2.05) is 12.1 Å². The number of carbonyl (C=O) groups excluding carboxylic acids is 1. The van der Waals surface area contributed by atoms with E-state index >= 15 is 0 Å². The van der Waals surface area contributed by atoms with E-state index < -0.39 is 0 Å². The van der Waals surface area contributed by atoms with E-state index in [1.165, 1.54) is 0 Å². The van der Waals surface area contributed by atoms with Gasteiger partial charge in [0.1, 0.15) is 11.5 Å². The lowest BCUT2D eigenvalue weighted by atomic mass is 10.1. The first kappa shape index (κ1) is 14.4. The molecule has 4 nitrogen and oxygen atoms in total. The SMILES string of the molecule is COc1cccc(OCC(=O)NCCC(C)C)c1. The molecular weight excluding hydrogens is 230 g/mol. The maximum Gasteiger partial charge on any atom is 0.257 e. The fraction of sp³-hybridized carbons (Fsp3) is 0.500. The Bertz CT molecular complexity index is 377. The van der Waals surface area contributed by atoms with Crippen molar-refractivity contribution >= 4 is 5.91 Å². The lowest BCUT2D eigenvalue weighted by Crippen LogP contribution is -2.30. The second kappa shape index (κ2) is 7.58. The quantitative estimate of drug-likeness (QED) is 0.808. The van der Waals surface area contributed by atoms with Crippen molar-refractivity contribution in [3.05, 3.63) is 24.3 Å². The molecule has 0 fully saturated rings. The van der Waals surface area contributed by atoms with Crippen molar-refractivity contribution in [2.75, 3.05) is 20.3 Å². The predicted octanol–water partition coefficient (Wildman–Crippen LogP) is 2.24. The van der Waals surface area contributed by atoms with Crippen LogP contribution in [-0.2, 0) is 4.79 Å². The third-order valence-corrected chi connectivity index (χ3v) is 2.45. The zero-order chi connectivity index (χ0) is 13.4. The van der Waals surface area contributed by atoms with E-state index in [1.54, 1.807) is 19.2 Å². The van der Waals surface area contributed by atoms with Crippen LogP contribution in [0.15, 0.2) is 24.3 Å². The summed E-state index contributed by atoms with van der Waals surface area (Å²) >= 11 is 0. The zero-order valence-corrected chi connectivity index (χ0v) is 11.2. The van der Waals surface area contributed by atoms with Crippen LogP contribution >= 0.6 is 0 Å². The monoisotopic (exact) mass is 251 g/mol. The molecule has 0 atom stereocenters. The highest BCUT2D eigenvalue weighted by Crippen LogP contribution is 2.18. The van der Waals surface area contributed by atoms with Gasteiger partial charge in [-0.05, 0) is 24.5 Å². The van der Waals surface area contributed by atoms with Crippen molar-refractivity contribution in [3.8, 4) is 11.5 Å². The fourth-order valence-electron chi connectivity index (χ4n) is 1.39. The molecule has 0 aromatic heterocycles. The molecule has 100 valence electrons. The average molecular weight is 251 g/mol. The van der Waals surface area contributed by atoms with E-state index in [0.29, 0.717) is 24.0 Å². The van der Waals surface area contributed by atoms with Crippen LogP contribution in [-0.4, -0.2) is 26.2 Å². The summed E-state index contributed by atoms with van der Waals surface area (Å²) in [4.78, 5) is 11.5. The van der Waals surface area contributed by atoms with Gasteiger partial charge in [0, 0.05) is 12.6 Å². The number of rotatable bonds is 7. The number of amides is 1. The van der Waals surface area contributed by atoms with Crippen molar-refractivity contribution in [1.29, 1.82) is 0 Å². The summed E-state index contributed by atoms with van der Waals surface area (Å²) in [6.45, 7) is 4.97. The first-order valence-corrected chi connectivity index (χ1v) is 6.15. The number of ether oxygens (including phenoxy) is 2. The summed E-state index contributed by atoms with van der Waals surface area (Å²) in [5.41, 5.74) is 0. The van der Waals surface area contributed by atoms with Crippen LogP contribution < -0.4 is 14.8 Å². The minimum absolute atomic E-state index is 0.0330. The molecule has 1 aromatic rings. The number of nitrogens with one attached hydrogen (secondary N) is 1. The maximum absolute atomic E-state index is 11.5. The summed E-state index contributed by atoms with van der Waals surface area (Å²) < 4.78 is 10.4. The highest BCUT2D eigenvalue weighted by Gasteiger charge is 2.03. The molecule has 18 heavy (non-hydrogen) atoms. The van der Waals surface area contributed by atoms with Gasteiger partial charge in [-0.3, -0.25) is 4.79 Å². The molecule has 0 aliphatic carbocycles. The number of methoxy groups -OCH3 is 1. The molecule has 0 bridgehead atoms. The topological polar surface area (TPSA) is 47.6 Å². The van der Waals surface area contributed by atoms with Gasteiger partial charge in [-0.2, -0.15) is 0 Å². The molecule has 0 saturated heterocycles. The Hall–Kier alpha value is -1.71. The fourth-order valence-corrected chi connectivity index (χ4v) is 1.39. The number of carbonyl (C=O) groups is 1. The van der Waals surface area contributed by atoms with Crippen molar-refractivity contribution < 1.29 is 14.3 Å². The van der Waals surface area contributed by atoms with Gasteiger partial charge in [0.15, 0.2) is 6.61 Å². The molecule has 0 saturated carbocycles. The highest BCUT2D eigenvalue weighted by atomic mass is 16.5. The summed E-state index contributed by atoms with van der Waals surface area (Å²) in [6.07, 6.45) is 0.977. The van der Waals surface area contributed by atoms with Crippen LogP contribution in [0.2, 0.25) is 0 Å². The molecular formula is C14H21NO3. The second-order valence-corrected chi connectivity index (χ2v) is 4.50. The summed E-state index contributed by atoms with van der Waals surface area (Å²) in [5, 5.41) is 2.82. The van der Waals surface area contributed by atoms with E-state index in [9.17, 15) is 4.79 Å². The molecule has 1 rings (SSSR count). The Morgan fingerprint density at radius 3 is 2.72 bits per heavy atom. The molecule has 0 heterocycles. The molecule has 0 aliphatic rings. The van der Waals surface area contributed by atoms with Crippen LogP contribution in [0.3, 0.4) is 0 Å². The van der Waals surface area contributed by atoms with Crippen LogP contribution in [0.5, 0.6) is 11.5 Å². The van der Waals surface area contributed by atoms with E-state index in [-0.39, 0.29) is 12.5 Å². The lowest BCUT2D eigenvalue weighted by molar-refractivity contribution is -0.123. The molecule has 0 aliphatic heterocycles. The van der Waals surface area contributed by atoms with Crippen molar-refractivity contribution in [2.24, 2.45) is 5.92 Å². The second-order valence-electron chi connectivity index (χ2n) is 4.50. The van der Waals surface area contributed by atoms with Gasteiger partial charge in [-0.15, -0.1) is 0 Å². The van der Waals surface area contributed by atoms with Gasteiger partial charge in [0.25, 0.3) is 5.91 Å². The van der Waals surface area contributed by atoms with Crippen LogP contribution in [0.25, 0.3) is 0 Å². The van der Waals surface area contributed by atoms with Gasteiger partial charge < -0.3 is 14.8 Å². The van der Waals surface area contributed by atoms with Crippen LogP contribution in [0.4, 0.5) is 0 Å². The van der Waals surface area contributed by atoms with Gasteiger partial charge in [-0.25, -0.2) is 0 Å². The summed E-state index contributed by atoms with van der Waals surface area (Å²) in [7, 11) is 1.59. The zero-order valence-electron chi connectivity index (χ0n) is 11.2. The number of hydrogen-bond acceptors (Lipinski definition) is 3. The summed E-state index contributed by atoms with van der Waals surface area (Å²) in [6, 6.07) is 7.20. The minimum Gasteiger partial charge on any atom is -0.497 e. The molecule has 1 N–H and O–H groups in total. The van der Waals surface area contributed by atoms with Gasteiger partial charge in [-0.1, -0.05) is 19.9 Å². The predicted molar refractivity (Wildman–Crippen MR) is 71.0 cm³/mol. The molecule has 0 unspecified atom stereocenters. The van der Waals surface area contributed by atoms with Gasteiger partial charge in [0.05, 0.1) is 7.11 Å². The largest absolute Gasteiger partial charge is 0.497 e. The maximum atomic E-state index is 11.5. The van der Waals surface area contributed by atoms with Crippen molar-refractivity contribution in [1.82, 2.24) is 5.32 Å². The first-order valence-electron chi connectivity index (χ1n) is 6.15. The third-order valence-electron chi connectivity index (χ3n) is 2.45. The van der Waals surface area contributed by atoms with Crippen molar-refractivity contribution in [3.63, 3.8) is 0 Å². The Labute approximate surface area is 108 Å². The van der Waals surface area contributed by atoms with E-state index in [0.717, 1.165) is 6.42 Å². The number of hydrogen-bond donors (Lipinski definition) is 1. The minimum atomic E-state index is -0.0986. The molecule has 0 radical (unpaired) electrons. The molecule has 1 aromatic carbocycles. The molecule has 4 heteroatoms. The summed E-state index contributed by atoms with van der Waals surface area (Å²) in [5.74, 6) is 1.84. The Balaban J connectivity index is 2.29. The van der Waals surface area contributed by atoms with Crippen molar-refractivity contribution in [2.45, 2.75) is 20.3 Å². The van der Waals surface area contributed by atoms with Gasteiger partial charge >= 0.3 is 0 Å². The van der Waals surface area contributed by atoms with Crippen LogP contribution in [0, 0.1) is 5.92 Å². The molecule has 1 amide bonds. The van der Waals surface area contributed by atoms with Gasteiger partial charge in [0.2, 0.25) is 0 Å². The lowest BCUT2D eigenvalue weighted by Gasteiger charge is -2.09. The first-order chi connectivity index (χ1) is 8.61. The Kier molecular flexibility index (Phi) is 6.05. The van der Waals surface area contributed by atoms with Crippen LogP contribution in [0.1, 0.15) is 20.3 Å². The smallest absolute Gasteiger partial charge is 0.257 e. The number of benzene rings is 1. The standard InChI is InChI=1S/C14H21NO3/c1-11(2)7-8-15-14(16)10-18-13-6-4-5-12(9-13)17-3/h4-6,9,11H,7-8,10H2,1-3H3,(H,15,16). The van der Waals surface area contributed by atoms with E-state index in [2.05, 4.69) is 19.2 Å². The highest BCUT2D eigenvalue weighted by molar-refractivity contribution is 5.77. The van der Waals surface area contributed by atoms with E-state index in [4.69, 9.17) is 9.47 Å². The normalized spacial score (nSPS) is 10.2. The Morgan fingerprint density at radius 1 is 1.33 bits per heavy atom. The average Bonchev–Trinajstić information content (AvgIpc) is 2.36. The Morgan fingerprint density at radius 2 is 2.06 bits per heavy atom. The molecule has 0 spiro atoms. The third kappa shape index (κ3) is 5.57.